The van der Waals surface area contributed by atoms with Crippen LogP contribution in [-0.4, -0.2) is 0 Å². The monoisotopic (exact) mass is 782 g/mol. The number of hydrogen-bond donors (Lipinski definition) is 0. The molecule has 0 aliphatic carbocycles. The molecule has 0 heterocycles. The van der Waals surface area contributed by atoms with E-state index in [2.05, 4.69) is 133 Å². The largest absolute Gasteiger partial charge is 0.192 e. The third kappa shape index (κ3) is 5.58. The van der Waals surface area contributed by atoms with Gasteiger partial charge in [-0.3, -0.25) is 0 Å². The highest BCUT2D eigenvalue weighted by molar-refractivity contribution is 6.27. The summed E-state index contributed by atoms with van der Waals surface area (Å²) in [5.74, 6) is 0. The zero-order valence-corrected chi connectivity index (χ0v) is 33.1. The topological polar surface area (TPSA) is 95.2 Å². The van der Waals surface area contributed by atoms with Crippen LogP contribution in [-0.2, 0) is 0 Å². The summed E-state index contributed by atoms with van der Waals surface area (Å²) < 4.78 is 0. The molecule has 0 N–H and O–H groups in total. The minimum atomic E-state index is 0.421. The molecule has 11 aromatic rings. The van der Waals surface area contributed by atoms with Crippen LogP contribution in [0.4, 0.5) is 0 Å². The molecular formula is C58H30N4. The minimum Gasteiger partial charge on any atom is -0.192 e. The highest BCUT2D eigenvalue weighted by Crippen LogP contribution is 2.42. The summed E-state index contributed by atoms with van der Waals surface area (Å²) in [6.07, 6.45) is 0. The van der Waals surface area contributed by atoms with Gasteiger partial charge in [0.05, 0.1) is 46.5 Å². The molecule has 0 amide bonds. The van der Waals surface area contributed by atoms with Gasteiger partial charge in [0.25, 0.3) is 0 Å². The smallest absolute Gasteiger partial charge is 0.0998 e. The van der Waals surface area contributed by atoms with Gasteiger partial charge in [-0.25, -0.2) is 0 Å². The number of benzene rings is 11. The van der Waals surface area contributed by atoms with Crippen LogP contribution >= 0.6 is 0 Å². The first-order chi connectivity index (χ1) is 30.6. The quantitative estimate of drug-likeness (QED) is 0.166. The van der Waals surface area contributed by atoms with Crippen molar-refractivity contribution in [2.24, 2.45) is 0 Å². The second-order valence-electron chi connectivity index (χ2n) is 15.6. The Balaban J connectivity index is 1.01. The Morgan fingerprint density at radius 3 is 0.726 bits per heavy atom. The van der Waals surface area contributed by atoms with Gasteiger partial charge >= 0.3 is 0 Å². The van der Waals surface area contributed by atoms with Gasteiger partial charge in [0, 0.05) is 22.3 Å². The molecule has 0 saturated carbocycles. The first kappa shape index (κ1) is 36.1. The fraction of sp³-hybridized carbons (Fsp3) is 0. The predicted molar refractivity (Wildman–Crippen MR) is 252 cm³/mol. The Kier molecular flexibility index (Phi) is 8.34. The fourth-order valence-electron chi connectivity index (χ4n) is 9.53. The average molecular weight is 783 g/mol. The van der Waals surface area contributed by atoms with E-state index in [9.17, 15) is 21.0 Å². The zero-order valence-electron chi connectivity index (χ0n) is 33.1. The molecule has 4 nitrogen and oxygen atoms in total. The summed E-state index contributed by atoms with van der Waals surface area (Å²) in [5.41, 5.74) is 7.45. The van der Waals surface area contributed by atoms with Crippen molar-refractivity contribution in [2.45, 2.75) is 0 Å². The number of hydrogen-bond acceptors (Lipinski definition) is 4. The summed E-state index contributed by atoms with van der Waals surface area (Å²) >= 11 is 0. The number of nitriles is 4. The van der Waals surface area contributed by atoms with Crippen LogP contribution in [0.3, 0.4) is 0 Å². The van der Waals surface area contributed by atoms with Crippen molar-refractivity contribution in [3.8, 4) is 68.8 Å². The van der Waals surface area contributed by atoms with Crippen LogP contribution in [0.1, 0.15) is 22.3 Å². The van der Waals surface area contributed by atoms with E-state index >= 15 is 0 Å². The molecule has 0 atom stereocenters. The molecule has 11 aromatic carbocycles. The van der Waals surface area contributed by atoms with Crippen LogP contribution in [0.2, 0.25) is 0 Å². The molecular weight excluding hydrogens is 753 g/mol. The summed E-state index contributed by atoms with van der Waals surface area (Å²) in [7, 11) is 0. The van der Waals surface area contributed by atoms with Gasteiger partial charge in [0.15, 0.2) is 0 Å². The minimum absolute atomic E-state index is 0.421. The van der Waals surface area contributed by atoms with Gasteiger partial charge in [0.2, 0.25) is 0 Å². The van der Waals surface area contributed by atoms with Crippen molar-refractivity contribution < 1.29 is 0 Å². The van der Waals surface area contributed by atoms with Crippen LogP contribution in [0.5, 0.6) is 0 Å². The molecule has 0 fully saturated rings. The summed E-state index contributed by atoms with van der Waals surface area (Å²) in [4.78, 5) is 0. The fourth-order valence-corrected chi connectivity index (χ4v) is 9.53. The lowest BCUT2D eigenvalue weighted by atomic mass is 9.87. The number of fused-ring (bicyclic) bond motifs is 12. The molecule has 11 rings (SSSR count). The summed E-state index contributed by atoms with van der Waals surface area (Å²) in [5, 5.41) is 56.0. The Labute approximate surface area is 357 Å². The van der Waals surface area contributed by atoms with Crippen molar-refractivity contribution in [3.63, 3.8) is 0 Å². The molecule has 0 unspecified atom stereocenters. The first-order valence-corrected chi connectivity index (χ1v) is 20.3. The molecule has 0 spiro atoms. The van der Waals surface area contributed by atoms with E-state index in [1.165, 1.54) is 10.8 Å². The van der Waals surface area contributed by atoms with E-state index in [0.717, 1.165) is 76.1 Å². The van der Waals surface area contributed by atoms with Crippen molar-refractivity contribution in [1.29, 1.82) is 21.0 Å². The SMILES string of the molecule is N#Cc1cc(-c2ccc3c4ccccc4c4ccccc4c3c2)c(C#N)cc1-c1cccc(-c2cc(C#N)c(-c3ccc4c5ccccc5c5ccccc5c4c3)cc2C#N)c1. The van der Waals surface area contributed by atoms with Crippen LogP contribution < -0.4 is 0 Å². The van der Waals surface area contributed by atoms with Crippen molar-refractivity contribution in [2.75, 3.05) is 0 Å². The molecule has 282 valence electrons. The molecule has 4 heteroatoms. The van der Waals surface area contributed by atoms with Crippen LogP contribution in [0, 0.1) is 45.3 Å². The predicted octanol–water partition coefficient (Wildman–Crippen LogP) is 14.8. The molecule has 62 heavy (non-hydrogen) atoms. The standard InChI is InChI=1S/C58H30N4/c59-31-39-29-55(37-20-22-51-47-16-3-1-12-43(47)45-14-5-7-18-49(45)57(51)25-37)41(33-61)27-53(39)35-10-9-11-36(24-35)54-28-42(34-62)56(30-40(54)32-60)38-21-23-52-48-17-4-2-13-44(48)46-15-6-8-19-50(46)58(52)26-38/h1-30H. The van der Waals surface area contributed by atoms with E-state index in [1.807, 2.05) is 60.7 Å². The Hall–Kier alpha value is -9.06. The highest BCUT2D eigenvalue weighted by atomic mass is 14.3. The van der Waals surface area contributed by atoms with Crippen LogP contribution in [0.15, 0.2) is 182 Å². The number of nitrogens with zero attached hydrogens (tertiary/aromatic N) is 4. The van der Waals surface area contributed by atoms with Gasteiger partial charge in [0.1, 0.15) is 0 Å². The van der Waals surface area contributed by atoms with E-state index in [4.69, 9.17) is 0 Å². The molecule has 0 aliphatic rings. The average Bonchev–Trinajstić information content (AvgIpc) is 3.35. The summed E-state index contributed by atoms with van der Waals surface area (Å²) in [6.45, 7) is 0. The van der Waals surface area contributed by atoms with E-state index in [-0.39, 0.29) is 0 Å². The molecule has 0 aliphatic heterocycles. The molecule has 0 bridgehead atoms. The van der Waals surface area contributed by atoms with E-state index in [1.54, 1.807) is 12.1 Å². The number of rotatable bonds is 4. The maximum Gasteiger partial charge on any atom is 0.0998 e. The van der Waals surface area contributed by atoms with Gasteiger partial charge < -0.3 is 0 Å². The van der Waals surface area contributed by atoms with Gasteiger partial charge in [-0.05, 0) is 129 Å². The molecule has 0 saturated heterocycles. The highest BCUT2D eigenvalue weighted by Gasteiger charge is 2.19. The lowest BCUT2D eigenvalue weighted by molar-refractivity contribution is 1.43. The van der Waals surface area contributed by atoms with Gasteiger partial charge in [-0.15, -0.1) is 0 Å². The van der Waals surface area contributed by atoms with E-state index < -0.39 is 0 Å². The van der Waals surface area contributed by atoms with Gasteiger partial charge in [-0.2, -0.15) is 21.0 Å². The lowest BCUT2D eigenvalue weighted by Crippen LogP contribution is -1.94. The third-order valence-corrected chi connectivity index (χ3v) is 12.4. The van der Waals surface area contributed by atoms with E-state index in [0.29, 0.717) is 44.5 Å². The zero-order chi connectivity index (χ0) is 41.9. The second kappa shape index (κ2) is 14.3. The Morgan fingerprint density at radius 1 is 0.210 bits per heavy atom. The van der Waals surface area contributed by atoms with Crippen molar-refractivity contribution in [3.05, 3.63) is 204 Å². The van der Waals surface area contributed by atoms with Crippen LogP contribution in [0.25, 0.3) is 109 Å². The maximum absolute atomic E-state index is 10.6. The molecule has 0 radical (unpaired) electrons. The lowest BCUT2D eigenvalue weighted by Gasteiger charge is -2.15. The summed E-state index contributed by atoms with van der Waals surface area (Å²) in [6, 6.07) is 70.6. The Morgan fingerprint density at radius 2 is 0.452 bits per heavy atom. The van der Waals surface area contributed by atoms with Crippen molar-refractivity contribution in [1.82, 2.24) is 0 Å². The second-order valence-corrected chi connectivity index (χ2v) is 15.6. The maximum atomic E-state index is 10.6. The Bertz CT molecular complexity index is 3600. The molecule has 0 aromatic heterocycles. The third-order valence-electron chi connectivity index (χ3n) is 12.4. The first-order valence-electron chi connectivity index (χ1n) is 20.3. The van der Waals surface area contributed by atoms with Crippen molar-refractivity contribution >= 4 is 64.6 Å². The normalized spacial score (nSPS) is 11.2. The van der Waals surface area contributed by atoms with Gasteiger partial charge in [-0.1, -0.05) is 140 Å².